The molecule has 0 amide bonds. The van der Waals surface area contributed by atoms with Crippen molar-refractivity contribution in [1.82, 2.24) is 9.71 Å². The van der Waals surface area contributed by atoms with Gasteiger partial charge in [-0.25, -0.2) is 18.1 Å². The fourth-order valence-corrected chi connectivity index (χ4v) is 4.55. The van der Waals surface area contributed by atoms with Crippen molar-refractivity contribution in [3.63, 3.8) is 0 Å². The molecule has 8 heteroatoms. The standard InChI is InChI=1S/C12H16BrClN2O3S/c13-10-4-11(12(14)15-6-10)20(18,19)16-5-8-2-1-3-9(8)7-17/h4,6,8-9,16-17H,1-3,5,7H2. The van der Waals surface area contributed by atoms with E-state index in [-0.39, 0.29) is 28.5 Å². The Labute approximate surface area is 131 Å². The molecular formula is C12H16BrClN2O3S. The van der Waals surface area contributed by atoms with Gasteiger partial charge in [0.2, 0.25) is 10.0 Å². The number of hydrogen-bond donors (Lipinski definition) is 2. The third-order valence-corrected chi connectivity index (χ3v) is 5.93. The summed E-state index contributed by atoms with van der Waals surface area (Å²) in [5.74, 6) is 0.350. The minimum atomic E-state index is -3.69. The molecule has 1 saturated carbocycles. The molecule has 1 aromatic rings. The van der Waals surface area contributed by atoms with Crippen LogP contribution in [0.25, 0.3) is 0 Å². The molecule has 0 saturated heterocycles. The molecule has 20 heavy (non-hydrogen) atoms. The van der Waals surface area contributed by atoms with E-state index in [1.807, 2.05) is 0 Å². The van der Waals surface area contributed by atoms with Crippen molar-refractivity contribution in [2.24, 2.45) is 11.8 Å². The number of aliphatic hydroxyl groups excluding tert-OH is 1. The first-order chi connectivity index (χ1) is 9.44. The van der Waals surface area contributed by atoms with E-state index in [1.165, 1.54) is 12.3 Å². The maximum Gasteiger partial charge on any atom is 0.243 e. The maximum atomic E-state index is 12.2. The first-order valence-electron chi connectivity index (χ1n) is 6.35. The monoisotopic (exact) mass is 382 g/mol. The van der Waals surface area contributed by atoms with Crippen molar-refractivity contribution in [2.45, 2.75) is 24.2 Å². The van der Waals surface area contributed by atoms with E-state index in [1.54, 1.807) is 0 Å². The number of nitrogens with zero attached hydrogens (tertiary/aromatic N) is 1. The second kappa shape index (κ2) is 6.70. The summed E-state index contributed by atoms with van der Waals surface area (Å²) < 4.78 is 27.6. The van der Waals surface area contributed by atoms with E-state index >= 15 is 0 Å². The average Bonchev–Trinajstić information content (AvgIpc) is 2.86. The zero-order valence-electron chi connectivity index (χ0n) is 10.7. The first kappa shape index (κ1) is 16.2. The lowest BCUT2D eigenvalue weighted by Crippen LogP contribution is -2.32. The highest BCUT2D eigenvalue weighted by Crippen LogP contribution is 2.31. The lowest BCUT2D eigenvalue weighted by atomic mass is 9.97. The van der Waals surface area contributed by atoms with Gasteiger partial charge in [0, 0.05) is 23.8 Å². The van der Waals surface area contributed by atoms with E-state index in [9.17, 15) is 13.5 Å². The lowest BCUT2D eigenvalue weighted by molar-refractivity contribution is 0.195. The Balaban J connectivity index is 2.09. The molecule has 1 fully saturated rings. The van der Waals surface area contributed by atoms with Gasteiger partial charge in [-0.05, 0) is 46.7 Å². The van der Waals surface area contributed by atoms with Crippen molar-refractivity contribution >= 4 is 37.6 Å². The molecule has 112 valence electrons. The molecule has 2 N–H and O–H groups in total. The Hall–Kier alpha value is -0.210. The molecule has 0 aromatic carbocycles. The van der Waals surface area contributed by atoms with Gasteiger partial charge in [-0.15, -0.1) is 0 Å². The van der Waals surface area contributed by atoms with Crippen LogP contribution in [0.15, 0.2) is 21.6 Å². The van der Waals surface area contributed by atoms with Gasteiger partial charge in [-0.3, -0.25) is 0 Å². The molecule has 0 spiro atoms. The normalized spacial score (nSPS) is 23.1. The number of rotatable bonds is 5. The highest BCUT2D eigenvalue weighted by atomic mass is 79.9. The number of sulfonamides is 1. The van der Waals surface area contributed by atoms with E-state index in [0.29, 0.717) is 11.0 Å². The van der Waals surface area contributed by atoms with Gasteiger partial charge in [-0.2, -0.15) is 0 Å². The topological polar surface area (TPSA) is 79.3 Å². The Morgan fingerprint density at radius 3 is 2.85 bits per heavy atom. The zero-order chi connectivity index (χ0) is 14.8. The minimum absolute atomic E-state index is 0.0351. The Morgan fingerprint density at radius 1 is 1.45 bits per heavy atom. The summed E-state index contributed by atoms with van der Waals surface area (Å²) in [7, 11) is -3.69. The van der Waals surface area contributed by atoms with Crippen LogP contribution in [0.4, 0.5) is 0 Å². The molecule has 1 aromatic heterocycles. The molecule has 1 aliphatic carbocycles. The van der Waals surface area contributed by atoms with Gasteiger partial charge in [0.05, 0.1) is 0 Å². The Morgan fingerprint density at radius 2 is 2.15 bits per heavy atom. The van der Waals surface area contributed by atoms with Crippen LogP contribution in [0.1, 0.15) is 19.3 Å². The molecule has 0 aliphatic heterocycles. The van der Waals surface area contributed by atoms with Gasteiger partial charge in [0.15, 0.2) is 0 Å². The smallest absolute Gasteiger partial charge is 0.243 e. The number of hydrogen-bond acceptors (Lipinski definition) is 4. The predicted molar refractivity (Wildman–Crippen MR) is 80.1 cm³/mol. The Bertz CT molecular complexity index is 582. The molecule has 5 nitrogen and oxygen atoms in total. The summed E-state index contributed by atoms with van der Waals surface area (Å²) >= 11 is 9.02. The summed E-state index contributed by atoms with van der Waals surface area (Å²) in [6.07, 6.45) is 4.34. The molecule has 0 bridgehead atoms. The second-order valence-corrected chi connectivity index (χ2v) is 7.94. The van der Waals surface area contributed by atoms with Crippen LogP contribution in [0.3, 0.4) is 0 Å². The van der Waals surface area contributed by atoms with Crippen LogP contribution in [0.2, 0.25) is 5.15 Å². The van der Waals surface area contributed by atoms with E-state index in [0.717, 1.165) is 19.3 Å². The summed E-state index contributed by atoms with van der Waals surface area (Å²) in [5, 5.41) is 9.20. The van der Waals surface area contributed by atoms with Crippen LogP contribution in [0.5, 0.6) is 0 Å². The molecule has 2 rings (SSSR count). The van der Waals surface area contributed by atoms with Gasteiger partial charge in [-0.1, -0.05) is 18.0 Å². The number of halogens is 2. The average molecular weight is 384 g/mol. The molecule has 0 radical (unpaired) electrons. The highest BCUT2D eigenvalue weighted by molar-refractivity contribution is 9.10. The minimum Gasteiger partial charge on any atom is -0.396 e. The summed E-state index contributed by atoms with van der Waals surface area (Å²) in [5.41, 5.74) is 0. The molecule has 2 atom stereocenters. The number of aromatic nitrogens is 1. The van der Waals surface area contributed by atoms with Crippen molar-refractivity contribution < 1.29 is 13.5 Å². The van der Waals surface area contributed by atoms with Crippen molar-refractivity contribution in [3.05, 3.63) is 21.9 Å². The molecular weight excluding hydrogens is 368 g/mol. The zero-order valence-corrected chi connectivity index (χ0v) is 13.9. The van der Waals surface area contributed by atoms with Crippen molar-refractivity contribution in [3.8, 4) is 0 Å². The summed E-state index contributed by atoms with van der Waals surface area (Å²) in [6.45, 7) is 0.419. The maximum absolute atomic E-state index is 12.2. The second-order valence-electron chi connectivity index (χ2n) is 4.93. The highest BCUT2D eigenvalue weighted by Gasteiger charge is 2.28. The third kappa shape index (κ3) is 3.71. The molecule has 2 unspecified atom stereocenters. The Kier molecular flexibility index (Phi) is 5.42. The fraction of sp³-hybridized carbons (Fsp3) is 0.583. The van der Waals surface area contributed by atoms with E-state index in [4.69, 9.17) is 11.6 Å². The van der Waals surface area contributed by atoms with Crippen molar-refractivity contribution in [1.29, 1.82) is 0 Å². The van der Waals surface area contributed by atoms with Gasteiger partial charge in [0.25, 0.3) is 0 Å². The SMILES string of the molecule is O=S(=O)(NCC1CCCC1CO)c1cc(Br)cnc1Cl. The largest absolute Gasteiger partial charge is 0.396 e. The van der Waals surface area contributed by atoms with Gasteiger partial charge >= 0.3 is 0 Å². The van der Waals surface area contributed by atoms with Crippen LogP contribution >= 0.6 is 27.5 Å². The fourth-order valence-electron chi connectivity index (χ4n) is 2.51. The quantitative estimate of drug-likeness (QED) is 0.764. The van der Waals surface area contributed by atoms with E-state index < -0.39 is 10.0 Å². The molecule has 1 heterocycles. The summed E-state index contributed by atoms with van der Waals surface area (Å²) in [6, 6.07) is 1.43. The lowest BCUT2D eigenvalue weighted by Gasteiger charge is -2.18. The molecule has 1 aliphatic rings. The van der Waals surface area contributed by atoms with Crippen LogP contribution in [-0.2, 0) is 10.0 Å². The number of pyridine rings is 1. The third-order valence-electron chi connectivity index (χ3n) is 3.65. The number of aliphatic hydroxyl groups is 1. The summed E-state index contributed by atoms with van der Waals surface area (Å²) in [4.78, 5) is 3.78. The van der Waals surface area contributed by atoms with Crippen molar-refractivity contribution in [2.75, 3.05) is 13.2 Å². The van der Waals surface area contributed by atoms with Crippen LogP contribution in [-0.4, -0.2) is 31.7 Å². The predicted octanol–water partition coefficient (Wildman–Crippen LogP) is 2.18. The first-order valence-corrected chi connectivity index (χ1v) is 9.01. The number of nitrogens with one attached hydrogen (secondary N) is 1. The van der Waals surface area contributed by atoms with Gasteiger partial charge < -0.3 is 5.11 Å². The van der Waals surface area contributed by atoms with Gasteiger partial charge in [0.1, 0.15) is 10.0 Å². The van der Waals surface area contributed by atoms with E-state index in [2.05, 4.69) is 25.6 Å². The van der Waals surface area contributed by atoms with Crippen LogP contribution in [0, 0.1) is 11.8 Å². The van der Waals surface area contributed by atoms with Crippen LogP contribution < -0.4 is 4.72 Å².